The van der Waals surface area contributed by atoms with Crippen LogP contribution in [0, 0.1) is 0 Å². The molecule has 0 bridgehead atoms. The number of fused-ring (bicyclic) bond motifs is 7. The summed E-state index contributed by atoms with van der Waals surface area (Å²) in [5.74, 6) is 0. The molecule has 1 atom stereocenters. The summed E-state index contributed by atoms with van der Waals surface area (Å²) in [5.41, 5.74) is 15.2. The molecule has 1 nitrogen and oxygen atoms in total. The maximum Gasteiger partial charge on any atom is 0.0674 e. The molecule has 0 amide bonds. The fourth-order valence-electron chi connectivity index (χ4n) is 9.88. The van der Waals surface area contributed by atoms with Crippen molar-refractivity contribution in [2.45, 2.75) is 12.3 Å². The highest BCUT2D eigenvalue weighted by Crippen LogP contribution is 2.57. The Kier molecular flexibility index (Phi) is 9.37. The second-order valence-corrected chi connectivity index (χ2v) is 17.2. The highest BCUT2D eigenvalue weighted by atomic mass is 32.1. The number of thiophene rings is 1. The summed E-state index contributed by atoms with van der Waals surface area (Å²) in [7, 11) is 0. The normalized spacial score (nSPS) is 14.7. The van der Waals surface area contributed by atoms with Gasteiger partial charge in [-0.15, -0.1) is 11.3 Å². The first-order chi connectivity index (χ1) is 30.6. The monoisotopic (exact) mass is 809 g/mol. The van der Waals surface area contributed by atoms with Crippen molar-refractivity contribution in [1.82, 2.24) is 0 Å². The lowest BCUT2D eigenvalue weighted by molar-refractivity contribution is 0.746. The van der Waals surface area contributed by atoms with Crippen LogP contribution in [-0.4, -0.2) is 0 Å². The Morgan fingerprint density at radius 2 is 1.08 bits per heavy atom. The van der Waals surface area contributed by atoms with Crippen molar-refractivity contribution < 1.29 is 0 Å². The van der Waals surface area contributed by atoms with Gasteiger partial charge >= 0.3 is 0 Å². The Morgan fingerprint density at radius 3 is 1.89 bits per heavy atom. The van der Waals surface area contributed by atoms with Gasteiger partial charge in [-0.25, -0.2) is 0 Å². The second-order valence-electron chi connectivity index (χ2n) is 16.1. The number of hydrogen-bond donors (Lipinski definition) is 0. The van der Waals surface area contributed by atoms with E-state index in [1.165, 1.54) is 86.6 Å². The minimum absolute atomic E-state index is 0.507. The van der Waals surface area contributed by atoms with Crippen LogP contribution < -0.4 is 4.90 Å². The highest BCUT2D eigenvalue weighted by Gasteiger charge is 2.46. The Morgan fingerprint density at radius 1 is 0.468 bits per heavy atom. The molecule has 1 aliphatic carbocycles. The van der Waals surface area contributed by atoms with Crippen LogP contribution in [0.5, 0.6) is 0 Å². The van der Waals surface area contributed by atoms with Gasteiger partial charge in [-0.05, 0) is 122 Å². The predicted molar refractivity (Wildman–Crippen MR) is 267 cm³/mol. The van der Waals surface area contributed by atoms with E-state index >= 15 is 0 Å². The van der Waals surface area contributed by atoms with Gasteiger partial charge in [0.15, 0.2) is 0 Å². The number of rotatable bonds is 9. The summed E-state index contributed by atoms with van der Waals surface area (Å²) in [6, 6.07) is 76.1. The van der Waals surface area contributed by atoms with Gasteiger partial charge < -0.3 is 4.90 Å². The summed E-state index contributed by atoms with van der Waals surface area (Å²) in [5, 5.41) is 5.12. The first-order valence-corrected chi connectivity index (χ1v) is 22.1. The zero-order valence-corrected chi connectivity index (χ0v) is 35.3. The average molecular weight is 810 g/mol. The van der Waals surface area contributed by atoms with Gasteiger partial charge in [0.25, 0.3) is 0 Å². The smallest absolute Gasteiger partial charge is 0.0674 e. The van der Waals surface area contributed by atoms with E-state index in [1.807, 2.05) is 23.5 Å². The molecule has 0 fully saturated rings. The van der Waals surface area contributed by atoms with Crippen LogP contribution in [0.15, 0.2) is 243 Å². The lowest BCUT2D eigenvalue weighted by Gasteiger charge is -2.35. The Bertz CT molecular complexity index is 3360. The third kappa shape index (κ3) is 6.14. The molecular formula is C60H43NS. The van der Waals surface area contributed by atoms with Crippen LogP contribution in [0.3, 0.4) is 0 Å². The van der Waals surface area contributed by atoms with Gasteiger partial charge in [0, 0.05) is 37.2 Å². The SMILES string of the molecule is C=C/C=C\C=C(/C)C1(c2ccccc2)c2ccccc2-c2ccc(N(c3ccc(-c4ccc5sc6ccccc6c5c4)cc3)c3ccc(-c4cccc5ccccc45)cc3)cc21. The van der Waals surface area contributed by atoms with Gasteiger partial charge in [0.1, 0.15) is 0 Å². The zero-order valence-electron chi connectivity index (χ0n) is 34.5. The lowest BCUT2D eigenvalue weighted by atomic mass is 9.67. The van der Waals surface area contributed by atoms with Crippen molar-refractivity contribution in [2.24, 2.45) is 0 Å². The number of allylic oxidation sites excluding steroid dienone is 5. The van der Waals surface area contributed by atoms with Crippen molar-refractivity contribution in [2.75, 3.05) is 4.90 Å². The minimum Gasteiger partial charge on any atom is -0.310 e. The van der Waals surface area contributed by atoms with Crippen LogP contribution in [0.25, 0.3) is 64.3 Å². The molecule has 1 aromatic heterocycles. The number of anilines is 3. The molecule has 11 rings (SSSR count). The van der Waals surface area contributed by atoms with Crippen LogP contribution in [0.1, 0.15) is 23.6 Å². The van der Waals surface area contributed by atoms with E-state index in [1.54, 1.807) is 0 Å². The second kappa shape index (κ2) is 15.5. The lowest BCUT2D eigenvalue weighted by Crippen LogP contribution is -2.28. The fraction of sp³-hybridized carbons (Fsp3) is 0.0333. The molecule has 1 aliphatic rings. The number of benzene rings is 9. The van der Waals surface area contributed by atoms with E-state index in [9.17, 15) is 0 Å². The van der Waals surface area contributed by atoms with Crippen LogP contribution in [0.4, 0.5) is 17.1 Å². The fourth-order valence-corrected chi connectivity index (χ4v) is 11.0. The summed E-state index contributed by atoms with van der Waals surface area (Å²) in [6.07, 6.45) is 8.21. The van der Waals surface area contributed by atoms with Crippen LogP contribution in [-0.2, 0) is 5.41 Å². The van der Waals surface area contributed by atoms with Gasteiger partial charge in [-0.1, -0.05) is 188 Å². The molecule has 1 unspecified atom stereocenters. The Balaban J connectivity index is 1.08. The topological polar surface area (TPSA) is 3.24 Å². The van der Waals surface area contributed by atoms with Crippen molar-refractivity contribution in [3.63, 3.8) is 0 Å². The van der Waals surface area contributed by atoms with Gasteiger partial charge in [0.05, 0.1) is 5.41 Å². The molecule has 294 valence electrons. The summed E-state index contributed by atoms with van der Waals surface area (Å²) in [6.45, 7) is 6.22. The molecule has 0 saturated carbocycles. The molecule has 0 spiro atoms. The van der Waals surface area contributed by atoms with Gasteiger partial charge in [-0.2, -0.15) is 0 Å². The number of hydrogen-bond acceptors (Lipinski definition) is 2. The number of nitrogens with zero attached hydrogens (tertiary/aromatic N) is 1. The molecule has 1 heterocycles. The first kappa shape index (κ1) is 37.5. The van der Waals surface area contributed by atoms with Crippen molar-refractivity contribution in [3.8, 4) is 33.4 Å². The van der Waals surface area contributed by atoms with E-state index in [0.717, 1.165) is 17.1 Å². The molecule has 62 heavy (non-hydrogen) atoms. The molecule has 0 N–H and O–H groups in total. The van der Waals surface area contributed by atoms with Crippen LogP contribution in [0.2, 0.25) is 0 Å². The largest absolute Gasteiger partial charge is 0.310 e. The average Bonchev–Trinajstić information content (AvgIpc) is 3.85. The zero-order chi connectivity index (χ0) is 41.6. The van der Waals surface area contributed by atoms with Crippen molar-refractivity contribution in [1.29, 1.82) is 0 Å². The van der Waals surface area contributed by atoms with E-state index < -0.39 is 5.41 Å². The molecule has 0 saturated heterocycles. The summed E-state index contributed by atoms with van der Waals surface area (Å²) in [4.78, 5) is 2.42. The summed E-state index contributed by atoms with van der Waals surface area (Å²) < 4.78 is 2.64. The van der Waals surface area contributed by atoms with Crippen LogP contribution >= 0.6 is 11.3 Å². The molecule has 10 aromatic rings. The Labute approximate surface area is 367 Å². The first-order valence-electron chi connectivity index (χ1n) is 21.3. The van der Waals surface area contributed by atoms with E-state index in [0.29, 0.717) is 0 Å². The summed E-state index contributed by atoms with van der Waals surface area (Å²) >= 11 is 1.86. The molecule has 9 aromatic carbocycles. The third-order valence-corrected chi connectivity index (χ3v) is 13.9. The van der Waals surface area contributed by atoms with E-state index in [4.69, 9.17) is 0 Å². The third-order valence-electron chi connectivity index (χ3n) is 12.7. The van der Waals surface area contributed by atoms with E-state index in [2.05, 4.69) is 237 Å². The quantitative estimate of drug-likeness (QED) is 0.131. The highest BCUT2D eigenvalue weighted by molar-refractivity contribution is 7.25. The molecular weight excluding hydrogens is 767 g/mol. The molecule has 2 heteroatoms. The maximum atomic E-state index is 3.95. The maximum absolute atomic E-state index is 3.95. The predicted octanol–water partition coefficient (Wildman–Crippen LogP) is 17.0. The minimum atomic E-state index is -0.507. The van der Waals surface area contributed by atoms with Gasteiger partial charge in [0.2, 0.25) is 0 Å². The van der Waals surface area contributed by atoms with Crippen molar-refractivity contribution in [3.05, 3.63) is 259 Å². The van der Waals surface area contributed by atoms with E-state index in [-0.39, 0.29) is 0 Å². The van der Waals surface area contributed by atoms with Crippen molar-refractivity contribution >= 4 is 59.3 Å². The molecule has 0 aliphatic heterocycles. The van der Waals surface area contributed by atoms with Gasteiger partial charge in [-0.3, -0.25) is 0 Å². The Hall–Kier alpha value is -7.52. The molecule has 0 radical (unpaired) electrons. The standard InChI is InChI=1S/C60H43NS/c1-3-4-6-16-41(2)60(46-19-7-5-8-20-46)56-25-13-11-22-52(56)53-37-36-49(40-57(53)60)61(48-34-29-44(30-35-48)51-24-15-18-43-17-9-10-21-50(43)51)47-32-27-42(28-33-47)45-31-38-59-55(39-45)54-23-12-14-26-58(54)62-59/h3-40H,1H2,2H3/b6-4-,41-16+.